The van der Waals surface area contributed by atoms with E-state index in [2.05, 4.69) is 22.3 Å². The zero-order valence-corrected chi connectivity index (χ0v) is 13.9. The van der Waals surface area contributed by atoms with Crippen LogP contribution >= 0.6 is 0 Å². The van der Waals surface area contributed by atoms with Crippen LogP contribution < -0.4 is 15.4 Å². The number of nitrogens with two attached hydrogens (primary N) is 1. The number of primary sulfonamides is 1. The molecule has 6 nitrogen and oxygen atoms in total. The Morgan fingerprint density at radius 2 is 1.83 bits per heavy atom. The normalized spacial score (nSPS) is 13.6. The molecular weight excluding hydrogens is 326 g/mol. The van der Waals surface area contributed by atoms with Crippen LogP contribution in [0.1, 0.15) is 12.0 Å². The van der Waals surface area contributed by atoms with Crippen LogP contribution in [0.2, 0.25) is 0 Å². The van der Waals surface area contributed by atoms with Gasteiger partial charge in [0.2, 0.25) is 15.9 Å². The molecule has 0 atom stereocenters. The summed E-state index contributed by atoms with van der Waals surface area (Å²) in [5.41, 5.74) is 3.06. The molecule has 126 valence electrons. The summed E-state index contributed by atoms with van der Waals surface area (Å²) in [6.45, 7) is 1.58. The maximum atomic E-state index is 12.1. The van der Waals surface area contributed by atoms with Crippen molar-refractivity contribution < 1.29 is 13.2 Å². The number of anilines is 2. The van der Waals surface area contributed by atoms with E-state index in [1.54, 1.807) is 0 Å². The van der Waals surface area contributed by atoms with Gasteiger partial charge in [-0.05, 0) is 42.3 Å². The molecule has 0 spiro atoms. The van der Waals surface area contributed by atoms with Crippen LogP contribution in [-0.4, -0.2) is 27.4 Å². The van der Waals surface area contributed by atoms with Crippen molar-refractivity contribution in [1.29, 1.82) is 0 Å². The fraction of sp³-hybridized carbons (Fsp3) is 0.235. The van der Waals surface area contributed by atoms with Gasteiger partial charge in [-0.15, -0.1) is 0 Å². The summed E-state index contributed by atoms with van der Waals surface area (Å²) in [7, 11) is -3.72. The first-order valence-corrected chi connectivity index (χ1v) is 9.24. The quantitative estimate of drug-likeness (QED) is 0.863. The number of hydrogen-bond acceptors (Lipinski definition) is 4. The second kappa shape index (κ2) is 6.62. The molecular formula is C17H19N3O3S. The highest BCUT2D eigenvalue weighted by Crippen LogP contribution is 2.27. The van der Waals surface area contributed by atoms with Crippen LogP contribution in [0.4, 0.5) is 11.4 Å². The van der Waals surface area contributed by atoms with Gasteiger partial charge in [0.1, 0.15) is 0 Å². The number of carbonyl (C=O) groups is 1. The zero-order chi connectivity index (χ0) is 17.2. The minimum absolute atomic E-state index is 0.0224. The lowest BCUT2D eigenvalue weighted by atomic mass is 10.2. The maximum absolute atomic E-state index is 12.1. The fourth-order valence-corrected chi connectivity index (χ4v) is 3.34. The van der Waals surface area contributed by atoms with Gasteiger partial charge < -0.3 is 10.2 Å². The number of carbonyl (C=O) groups excluding carboxylic acids is 1. The zero-order valence-electron chi connectivity index (χ0n) is 13.1. The minimum Gasteiger partial charge on any atom is -0.370 e. The van der Waals surface area contributed by atoms with E-state index in [9.17, 15) is 13.2 Å². The number of benzene rings is 2. The predicted molar refractivity (Wildman–Crippen MR) is 93.4 cm³/mol. The molecule has 1 amide bonds. The van der Waals surface area contributed by atoms with Crippen LogP contribution in [0.25, 0.3) is 0 Å². The Bertz CT molecular complexity index is 848. The van der Waals surface area contributed by atoms with E-state index in [1.807, 2.05) is 12.1 Å². The van der Waals surface area contributed by atoms with Crippen LogP contribution in [-0.2, 0) is 21.2 Å². The largest absolute Gasteiger partial charge is 0.370 e. The lowest BCUT2D eigenvalue weighted by Gasteiger charge is -2.19. The molecule has 2 aromatic carbocycles. The third-order valence-electron chi connectivity index (χ3n) is 4.06. The van der Waals surface area contributed by atoms with Crippen molar-refractivity contribution in [3.8, 4) is 0 Å². The van der Waals surface area contributed by atoms with Gasteiger partial charge in [0.15, 0.2) is 0 Å². The highest BCUT2D eigenvalue weighted by Gasteiger charge is 2.18. The molecule has 1 aliphatic rings. The Balaban J connectivity index is 1.55. The highest BCUT2D eigenvalue weighted by molar-refractivity contribution is 7.89. The van der Waals surface area contributed by atoms with Crippen LogP contribution in [0.3, 0.4) is 0 Å². The van der Waals surface area contributed by atoms with E-state index in [0.29, 0.717) is 18.7 Å². The lowest BCUT2D eigenvalue weighted by Crippen LogP contribution is -2.26. The van der Waals surface area contributed by atoms with Gasteiger partial charge in [-0.3, -0.25) is 4.79 Å². The molecule has 1 aliphatic heterocycles. The van der Waals surface area contributed by atoms with Crippen molar-refractivity contribution >= 4 is 27.3 Å². The van der Waals surface area contributed by atoms with E-state index < -0.39 is 10.0 Å². The third kappa shape index (κ3) is 3.74. The van der Waals surface area contributed by atoms with Crippen molar-refractivity contribution in [3.05, 3.63) is 54.1 Å². The van der Waals surface area contributed by atoms with Crippen molar-refractivity contribution in [3.63, 3.8) is 0 Å². The van der Waals surface area contributed by atoms with E-state index in [4.69, 9.17) is 5.14 Å². The summed E-state index contributed by atoms with van der Waals surface area (Å²) in [5, 5.41) is 7.81. The van der Waals surface area contributed by atoms with E-state index in [-0.39, 0.29) is 10.8 Å². The molecule has 0 unspecified atom stereocenters. The summed E-state index contributed by atoms with van der Waals surface area (Å²) < 4.78 is 22.4. The molecule has 0 saturated heterocycles. The topological polar surface area (TPSA) is 92.5 Å². The number of sulfonamides is 1. The number of nitrogens with one attached hydrogen (secondary N) is 1. The molecule has 0 aliphatic carbocycles. The Kier molecular flexibility index (Phi) is 4.55. The van der Waals surface area contributed by atoms with Gasteiger partial charge in [0.25, 0.3) is 0 Å². The first-order valence-electron chi connectivity index (χ1n) is 7.69. The SMILES string of the molecule is NS(=O)(=O)c1ccc(NC(=O)CCN2CCc3ccccc32)cc1. The fourth-order valence-electron chi connectivity index (χ4n) is 2.83. The van der Waals surface area contributed by atoms with Crippen LogP contribution in [0.15, 0.2) is 53.4 Å². The molecule has 0 radical (unpaired) electrons. The number of amides is 1. The van der Waals surface area contributed by atoms with E-state index in [0.717, 1.165) is 13.0 Å². The van der Waals surface area contributed by atoms with Crippen molar-refractivity contribution in [1.82, 2.24) is 0 Å². The smallest absolute Gasteiger partial charge is 0.238 e. The predicted octanol–water partition coefficient (Wildman–Crippen LogP) is 1.73. The summed E-state index contributed by atoms with van der Waals surface area (Å²) in [6, 6.07) is 14.0. The number of nitrogens with zero attached hydrogens (tertiary/aromatic N) is 1. The summed E-state index contributed by atoms with van der Waals surface area (Å²) >= 11 is 0. The van der Waals surface area contributed by atoms with Gasteiger partial charge >= 0.3 is 0 Å². The molecule has 7 heteroatoms. The monoisotopic (exact) mass is 345 g/mol. The van der Waals surface area contributed by atoms with E-state index >= 15 is 0 Å². The van der Waals surface area contributed by atoms with Crippen molar-refractivity contribution in [2.45, 2.75) is 17.7 Å². The van der Waals surface area contributed by atoms with Gasteiger partial charge in [0, 0.05) is 30.9 Å². The second-order valence-electron chi connectivity index (χ2n) is 5.73. The number of para-hydroxylation sites is 1. The first kappa shape index (κ1) is 16.5. The van der Waals surface area contributed by atoms with Crippen LogP contribution in [0.5, 0.6) is 0 Å². The van der Waals surface area contributed by atoms with Gasteiger partial charge in [0.05, 0.1) is 4.90 Å². The molecule has 0 fully saturated rings. The molecule has 1 heterocycles. The molecule has 2 aromatic rings. The molecule has 3 rings (SSSR count). The standard InChI is InChI=1S/C17H19N3O3S/c18-24(22,23)15-7-5-14(6-8-15)19-17(21)10-12-20-11-9-13-3-1-2-4-16(13)20/h1-8H,9-12H2,(H,19,21)(H2,18,22,23). The number of hydrogen-bond donors (Lipinski definition) is 2. The van der Waals surface area contributed by atoms with Crippen LogP contribution in [0, 0.1) is 0 Å². The molecule has 0 aromatic heterocycles. The van der Waals surface area contributed by atoms with Crippen molar-refractivity contribution in [2.75, 3.05) is 23.3 Å². The molecule has 0 bridgehead atoms. The second-order valence-corrected chi connectivity index (χ2v) is 7.29. The van der Waals surface area contributed by atoms with Crippen molar-refractivity contribution in [2.24, 2.45) is 5.14 Å². The summed E-state index contributed by atoms with van der Waals surface area (Å²) in [6.07, 6.45) is 1.37. The van der Waals surface area contributed by atoms with Gasteiger partial charge in [-0.1, -0.05) is 18.2 Å². The first-order chi connectivity index (χ1) is 11.4. The average molecular weight is 345 g/mol. The Morgan fingerprint density at radius 3 is 2.54 bits per heavy atom. The highest BCUT2D eigenvalue weighted by atomic mass is 32.2. The average Bonchev–Trinajstić information content (AvgIpc) is 2.96. The van der Waals surface area contributed by atoms with Gasteiger partial charge in [-0.25, -0.2) is 13.6 Å². The Hall–Kier alpha value is -2.38. The Labute approximate surface area is 141 Å². The summed E-state index contributed by atoms with van der Waals surface area (Å²) in [4.78, 5) is 14.3. The number of fused-ring (bicyclic) bond motifs is 1. The molecule has 24 heavy (non-hydrogen) atoms. The lowest BCUT2D eigenvalue weighted by molar-refractivity contribution is -0.116. The van der Waals surface area contributed by atoms with Gasteiger partial charge in [-0.2, -0.15) is 0 Å². The van der Waals surface area contributed by atoms with E-state index in [1.165, 1.54) is 35.5 Å². The summed E-state index contributed by atoms with van der Waals surface area (Å²) in [5.74, 6) is -0.109. The number of rotatable bonds is 5. The minimum atomic E-state index is -3.72. The maximum Gasteiger partial charge on any atom is 0.238 e. The Morgan fingerprint density at radius 1 is 1.12 bits per heavy atom. The molecule has 3 N–H and O–H groups in total. The molecule has 0 saturated carbocycles. The third-order valence-corrected chi connectivity index (χ3v) is 4.99.